The molecule has 0 radical (unpaired) electrons. The molecular weight excluding hydrogens is 382 g/mol. The number of benzene rings is 2. The summed E-state index contributed by atoms with van der Waals surface area (Å²) in [6.45, 7) is 4.24. The number of anilines is 1. The van der Waals surface area contributed by atoms with Crippen LogP contribution in [0.25, 0.3) is 11.4 Å². The molecule has 8 nitrogen and oxygen atoms in total. The standard InChI is InChI=1S/C19H18ClN5O3/c20-15-3-1-2-14(12-15)19-21-18(28-22-19)13-23-8-10-24(11-9-23)16-4-6-17(7-5-16)25(26)27/h1-7,12H,8-11,13H2/p+1. The van der Waals surface area contributed by atoms with Gasteiger partial charge in [-0.3, -0.25) is 10.1 Å². The third-order valence-corrected chi connectivity index (χ3v) is 5.08. The van der Waals surface area contributed by atoms with Crippen molar-refractivity contribution < 1.29 is 14.3 Å². The van der Waals surface area contributed by atoms with Crippen LogP contribution in [0.2, 0.25) is 5.02 Å². The second kappa shape index (κ2) is 7.95. The van der Waals surface area contributed by atoms with Crippen molar-refractivity contribution in [3.63, 3.8) is 0 Å². The van der Waals surface area contributed by atoms with Gasteiger partial charge < -0.3 is 14.3 Å². The van der Waals surface area contributed by atoms with E-state index >= 15 is 0 Å². The molecule has 4 rings (SSSR count). The first-order chi connectivity index (χ1) is 13.6. The molecule has 28 heavy (non-hydrogen) atoms. The summed E-state index contributed by atoms with van der Waals surface area (Å²) in [5.74, 6) is 1.15. The fraction of sp³-hybridized carbons (Fsp3) is 0.263. The van der Waals surface area contributed by atoms with Crippen LogP contribution in [0.15, 0.2) is 53.1 Å². The number of hydrogen-bond acceptors (Lipinski definition) is 6. The van der Waals surface area contributed by atoms with E-state index in [1.54, 1.807) is 30.3 Å². The van der Waals surface area contributed by atoms with Crippen molar-refractivity contribution in [2.75, 3.05) is 31.1 Å². The zero-order valence-electron chi connectivity index (χ0n) is 15.0. The summed E-state index contributed by atoms with van der Waals surface area (Å²) in [7, 11) is 0. The van der Waals surface area contributed by atoms with Gasteiger partial charge in [0.1, 0.15) is 0 Å². The molecule has 0 aliphatic carbocycles. The Bertz CT molecular complexity index is 968. The van der Waals surface area contributed by atoms with Gasteiger partial charge in [0, 0.05) is 28.4 Å². The number of nitrogens with one attached hydrogen (secondary N) is 1. The Balaban J connectivity index is 1.34. The highest BCUT2D eigenvalue weighted by atomic mass is 35.5. The maximum atomic E-state index is 10.8. The molecule has 9 heteroatoms. The van der Waals surface area contributed by atoms with Crippen LogP contribution in [-0.2, 0) is 6.54 Å². The van der Waals surface area contributed by atoms with Gasteiger partial charge in [-0.1, -0.05) is 28.9 Å². The molecule has 2 heterocycles. The highest BCUT2D eigenvalue weighted by molar-refractivity contribution is 6.30. The molecular formula is C19H19ClN5O3+. The van der Waals surface area contributed by atoms with Gasteiger partial charge in [-0.25, -0.2) is 0 Å². The molecule has 0 atom stereocenters. The first kappa shape index (κ1) is 18.4. The molecule has 1 fully saturated rings. The van der Waals surface area contributed by atoms with Crippen LogP contribution in [0.5, 0.6) is 0 Å². The first-order valence-corrected chi connectivity index (χ1v) is 9.38. The van der Waals surface area contributed by atoms with Crippen molar-refractivity contribution in [1.82, 2.24) is 10.1 Å². The summed E-state index contributed by atoms with van der Waals surface area (Å²) in [6, 6.07) is 14.1. The maximum Gasteiger partial charge on any atom is 0.282 e. The number of aromatic nitrogens is 2. The van der Waals surface area contributed by atoms with E-state index < -0.39 is 0 Å². The Morgan fingerprint density at radius 1 is 1.18 bits per heavy atom. The van der Waals surface area contributed by atoms with Gasteiger partial charge in [0.25, 0.3) is 11.6 Å². The lowest BCUT2D eigenvalue weighted by Gasteiger charge is -2.32. The van der Waals surface area contributed by atoms with Gasteiger partial charge in [-0.2, -0.15) is 4.98 Å². The van der Waals surface area contributed by atoms with Crippen LogP contribution < -0.4 is 9.80 Å². The lowest BCUT2D eigenvalue weighted by atomic mass is 10.2. The second-order valence-corrected chi connectivity index (χ2v) is 7.15. The molecule has 1 aromatic heterocycles. The van der Waals surface area contributed by atoms with Gasteiger partial charge in [-0.15, -0.1) is 0 Å². The average Bonchev–Trinajstić information content (AvgIpc) is 3.17. The molecule has 1 N–H and O–H groups in total. The second-order valence-electron chi connectivity index (χ2n) is 6.71. The third-order valence-electron chi connectivity index (χ3n) is 4.85. The van der Waals surface area contributed by atoms with Gasteiger partial charge >= 0.3 is 0 Å². The smallest absolute Gasteiger partial charge is 0.282 e. The van der Waals surface area contributed by atoms with Crippen LogP contribution in [0.1, 0.15) is 5.89 Å². The van der Waals surface area contributed by atoms with E-state index in [2.05, 4.69) is 15.0 Å². The van der Waals surface area contributed by atoms with Crippen LogP contribution >= 0.6 is 11.6 Å². The molecule has 0 spiro atoms. The number of non-ortho nitro benzene ring substituents is 1. The Morgan fingerprint density at radius 2 is 1.93 bits per heavy atom. The number of rotatable bonds is 5. The van der Waals surface area contributed by atoms with E-state index in [1.165, 1.54) is 4.90 Å². The van der Waals surface area contributed by atoms with Crippen LogP contribution in [-0.4, -0.2) is 41.2 Å². The normalized spacial score (nSPS) is 15.0. The molecule has 1 aliphatic rings. The highest BCUT2D eigenvalue weighted by Gasteiger charge is 2.23. The third kappa shape index (κ3) is 4.13. The summed E-state index contributed by atoms with van der Waals surface area (Å²) < 4.78 is 5.41. The van der Waals surface area contributed by atoms with Crippen molar-refractivity contribution in [2.24, 2.45) is 0 Å². The van der Waals surface area contributed by atoms with Crippen molar-refractivity contribution in [1.29, 1.82) is 0 Å². The van der Waals surface area contributed by atoms with Crippen molar-refractivity contribution in [3.05, 3.63) is 69.6 Å². The van der Waals surface area contributed by atoms with Gasteiger partial charge in [-0.05, 0) is 24.3 Å². The molecule has 0 bridgehead atoms. The predicted octanol–water partition coefficient (Wildman–Crippen LogP) is 2.20. The summed E-state index contributed by atoms with van der Waals surface area (Å²) >= 11 is 6.02. The molecule has 1 aliphatic heterocycles. The van der Waals surface area contributed by atoms with Crippen molar-refractivity contribution in [3.8, 4) is 11.4 Å². The summed E-state index contributed by atoms with van der Waals surface area (Å²) in [4.78, 5) is 18.5. The molecule has 0 unspecified atom stereocenters. The van der Waals surface area contributed by atoms with E-state index in [0.717, 1.165) is 37.4 Å². The fourth-order valence-electron chi connectivity index (χ4n) is 3.33. The number of nitrogens with zero attached hydrogens (tertiary/aromatic N) is 4. The van der Waals surface area contributed by atoms with E-state index in [1.807, 2.05) is 18.2 Å². The average molecular weight is 401 g/mol. The lowest BCUT2D eigenvalue weighted by Crippen LogP contribution is -3.13. The van der Waals surface area contributed by atoms with Crippen LogP contribution in [0, 0.1) is 10.1 Å². The van der Waals surface area contributed by atoms with Gasteiger partial charge in [0.05, 0.1) is 31.1 Å². The quantitative estimate of drug-likeness (QED) is 0.521. The van der Waals surface area contributed by atoms with Crippen molar-refractivity contribution in [2.45, 2.75) is 6.54 Å². The first-order valence-electron chi connectivity index (χ1n) is 9.00. The SMILES string of the molecule is O=[N+]([O-])c1ccc(N2CC[NH+](Cc3nc(-c4cccc(Cl)c4)no3)CC2)cc1. The number of quaternary nitrogens is 1. The number of piperazine rings is 1. The van der Waals surface area contributed by atoms with Crippen molar-refractivity contribution >= 4 is 23.0 Å². The van der Waals surface area contributed by atoms with Crippen LogP contribution in [0.4, 0.5) is 11.4 Å². The van der Waals surface area contributed by atoms with E-state index in [9.17, 15) is 10.1 Å². The zero-order chi connectivity index (χ0) is 19.5. The zero-order valence-corrected chi connectivity index (χ0v) is 15.8. The Hall–Kier alpha value is -2.97. The van der Waals surface area contributed by atoms with E-state index in [4.69, 9.17) is 16.1 Å². The maximum absolute atomic E-state index is 10.8. The molecule has 144 valence electrons. The molecule has 3 aromatic rings. The Kier molecular flexibility index (Phi) is 5.23. The largest absolute Gasteiger partial charge is 0.360 e. The predicted molar refractivity (Wildman–Crippen MR) is 104 cm³/mol. The molecule has 1 saturated heterocycles. The minimum Gasteiger partial charge on any atom is -0.360 e. The highest BCUT2D eigenvalue weighted by Crippen LogP contribution is 2.20. The fourth-order valence-corrected chi connectivity index (χ4v) is 3.52. The minimum absolute atomic E-state index is 0.111. The van der Waals surface area contributed by atoms with Gasteiger partial charge in [0.15, 0.2) is 6.54 Å². The summed E-state index contributed by atoms with van der Waals surface area (Å²) in [6.07, 6.45) is 0. The Labute approximate surface area is 166 Å². The molecule has 0 amide bonds. The number of halogens is 1. The topological polar surface area (TPSA) is 89.7 Å². The Morgan fingerprint density at radius 3 is 2.61 bits per heavy atom. The molecule has 2 aromatic carbocycles. The number of nitro benzene ring substituents is 1. The minimum atomic E-state index is -0.381. The van der Waals surface area contributed by atoms with E-state index in [0.29, 0.717) is 23.3 Å². The monoisotopic (exact) mass is 400 g/mol. The summed E-state index contributed by atoms with van der Waals surface area (Å²) in [5.41, 5.74) is 1.95. The molecule has 0 saturated carbocycles. The van der Waals surface area contributed by atoms with E-state index in [-0.39, 0.29) is 10.6 Å². The number of hydrogen-bond donors (Lipinski definition) is 1. The number of nitro groups is 1. The lowest BCUT2D eigenvalue weighted by molar-refractivity contribution is -0.915. The van der Waals surface area contributed by atoms with Gasteiger partial charge in [0.2, 0.25) is 5.82 Å². The summed E-state index contributed by atoms with van der Waals surface area (Å²) in [5, 5.41) is 15.5. The van der Waals surface area contributed by atoms with Crippen LogP contribution in [0.3, 0.4) is 0 Å².